The maximum absolute atomic E-state index is 5.81. The van der Waals surface area contributed by atoms with E-state index in [-0.39, 0.29) is 0 Å². The Hall–Kier alpha value is -1.16. The molecule has 3 nitrogen and oxygen atoms in total. The Morgan fingerprint density at radius 3 is 2.61 bits per heavy atom. The standard InChI is InChI=1S/C14H23N3S/c1-5-7-11(6-2)17-12-8-9(3)16-10(4)13(12)14(15)18/h8,11H,5-7H2,1-4H3,(H2,15,18)(H,16,17). The number of rotatable bonds is 6. The Bertz CT molecular complexity index is 429. The molecule has 0 bridgehead atoms. The molecule has 1 unspecified atom stereocenters. The van der Waals surface area contributed by atoms with E-state index in [0.717, 1.165) is 41.9 Å². The lowest BCUT2D eigenvalue weighted by molar-refractivity contribution is 0.622. The Morgan fingerprint density at radius 1 is 1.44 bits per heavy atom. The van der Waals surface area contributed by atoms with Crippen LogP contribution < -0.4 is 11.1 Å². The van der Waals surface area contributed by atoms with Crippen LogP contribution in [0, 0.1) is 13.8 Å². The van der Waals surface area contributed by atoms with Crippen molar-refractivity contribution >= 4 is 22.9 Å². The topological polar surface area (TPSA) is 50.9 Å². The maximum atomic E-state index is 5.81. The minimum absolute atomic E-state index is 0.411. The summed E-state index contributed by atoms with van der Waals surface area (Å²) in [4.78, 5) is 4.84. The average molecular weight is 265 g/mol. The molecule has 0 saturated carbocycles. The quantitative estimate of drug-likeness (QED) is 0.775. The second-order valence-corrected chi connectivity index (χ2v) is 5.11. The molecule has 0 fully saturated rings. The minimum atomic E-state index is 0.411. The lowest BCUT2D eigenvalue weighted by Gasteiger charge is -2.21. The minimum Gasteiger partial charge on any atom is -0.389 e. The summed E-state index contributed by atoms with van der Waals surface area (Å²) in [5.41, 5.74) is 9.60. The fraction of sp³-hybridized carbons (Fsp3) is 0.571. The summed E-state index contributed by atoms with van der Waals surface area (Å²) in [5, 5.41) is 3.55. The highest BCUT2D eigenvalue weighted by atomic mass is 32.1. The number of aryl methyl sites for hydroxylation is 2. The molecule has 0 amide bonds. The normalized spacial score (nSPS) is 12.2. The van der Waals surface area contributed by atoms with Crippen molar-refractivity contribution in [1.82, 2.24) is 4.98 Å². The first-order valence-corrected chi connectivity index (χ1v) is 6.94. The number of hydrogen-bond acceptors (Lipinski definition) is 3. The number of nitrogens with two attached hydrogens (primary N) is 1. The highest BCUT2D eigenvalue weighted by Crippen LogP contribution is 2.22. The van der Waals surface area contributed by atoms with E-state index in [1.165, 1.54) is 0 Å². The van der Waals surface area contributed by atoms with Crippen LogP contribution in [-0.2, 0) is 0 Å². The zero-order valence-electron chi connectivity index (χ0n) is 11.7. The van der Waals surface area contributed by atoms with Crippen LogP contribution in [-0.4, -0.2) is 16.0 Å². The van der Waals surface area contributed by atoms with Gasteiger partial charge in [0, 0.05) is 23.1 Å². The van der Waals surface area contributed by atoms with Crippen molar-refractivity contribution in [2.75, 3.05) is 5.32 Å². The molecule has 1 aromatic rings. The van der Waals surface area contributed by atoms with Crippen molar-refractivity contribution in [3.63, 3.8) is 0 Å². The number of nitrogens with one attached hydrogen (secondary N) is 1. The van der Waals surface area contributed by atoms with Crippen LogP contribution in [0.5, 0.6) is 0 Å². The van der Waals surface area contributed by atoms with Crippen LogP contribution in [0.2, 0.25) is 0 Å². The van der Waals surface area contributed by atoms with Crippen LogP contribution in [0.25, 0.3) is 0 Å². The van der Waals surface area contributed by atoms with Crippen LogP contribution in [0.15, 0.2) is 6.07 Å². The molecule has 0 aromatic carbocycles. The van der Waals surface area contributed by atoms with E-state index in [1.54, 1.807) is 0 Å². The second kappa shape index (κ2) is 6.69. The third-order valence-corrected chi connectivity index (χ3v) is 3.27. The van der Waals surface area contributed by atoms with E-state index in [2.05, 4.69) is 24.1 Å². The smallest absolute Gasteiger partial charge is 0.107 e. The Labute approximate surface area is 115 Å². The molecule has 1 rings (SSSR count). The van der Waals surface area contributed by atoms with Gasteiger partial charge in [0.05, 0.1) is 5.56 Å². The van der Waals surface area contributed by atoms with E-state index in [4.69, 9.17) is 18.0 Å². The third kappa shape index (κ3) is 3.67. The molecule has 4 heteroatoms. The number of thiocarbonyl (C=S) groups is 1. The van der Waals surface area contributed by atoms with Crippen molar-refractivity contribution in [3.05, 3.63) is 23.0 Å². The summed E-state index contributed by atoms with van der Waals surface area (Å²) in [6.07, 6.45) is 3.40. The van der Waals surface area contributed by atoms with Gasteiger partial charge in [-0.3, -0.25) is 4.98 Å². The van der Waals surface area contributed by atoms with Gasteiger partial charge >= 0.3 is 0 Å². The fourth-order valence-electron chi connectivity index (χ4n) is 2.20. The van der Waals surface area contributed by atoms with Crippen molar-refractivity contribution in [2.45, 2.75) is 53.0 Å². The van der Waals surface area contributed by atoms with Crippen molar-refractivity contribution in [1.29, 1.82) is 0 Å². The summed E-state index contributed by atoms with van der Waals surface area (Å²) < 4.78 is 0. The molecule has 3 N–H and O–H groups in total. The number of nitrogens with zero attached hydrogens (tertiary/aromatic N) is 1. The van der Waals surface area contributed by atoms with Gasteiger partial charge in [-0.15, -0.1) is 0 Å². The van der Waals surface area contributed by atoms with E-state index >= 15 is 0 Å². The van der Waals surface area contributed by atoms with Gasteiger partial charge in [0.25, 0.3) is 0 Å². The van der Waals surface area contributed by atoms with Crippen molar-refractivity contribution < 1.29 is 0 Å². The number of pyridine rings is 1. The summed E-state index contributed by atoms with van der Waals surface area (Å²) in [6, 6.07) is 2.49. The summed E-state index contributed by atoms with van der Waals surface area (Å²) >= 11 is 5.13. The fourth-order valence-corrected chi connectivity index (χ4v) is 2.46. The highest BCUT2D eigenvalue weighted by Gasteiger charge is 2.13. The Balaban J connectivity index is 3.09. The summed E-state index contributed by atoms with van der Waals surface area (Å²) in [6.45, 7) is 8.33. The van der Waals surface area contributed by atoms with Crippen molar-refractivity contribution in [2.24, 2.45) is 5.73 Å². The molecule has 100 valence electrons. The van der Waals surface area contributed by atoms with Crippen LogP contribution in [0.3, 0.4) is 0 Å². The van der Waals surface area contributed by atoms with E-state index in [0.29, 0.717) is 11.0 Å². The molecule has 0 aliphatic heterocycles. The number of anilines is 1. The molecule has 0 spiro atoms. The lowest BCUT2D eigenvalue weighted by atomic mass is 10.1. The first-order valence-electron chi connectivity index (χ1n) is 6.54. The first kappa shape index (κ1) is 14.9. The average Bonchev–Trinajstić information content (AvgIpc) is 2.26. The van der Waals surface area contributed by atoms with Crippen molar-refractivity contribution in [3.8, 4) is 0 Å². The van der Waals surface area contributed by atoms with Crippen LogP contribution in [0.1, 0.15) is 50.1 Å². The maximum Gasteiger partial charge on any atom is 0.107 e. The van der Waals surface area contributed by atoms with Gasteiger partial charge in [-0.25, -0.2) is 0 Å². The molecule has 1 heterocycles. The Morgan fingerprint density at radius 2 is 2.11 bits per heavy atom. The molecular formula is C14H23N3S. The predicted molar refractivity (Wildman–Crippen MR) is 82.2 cm³/mol. The number of hydrogen-bond donors (Lipinski definition) is 2. The molecule has 0 saturated heterocycles. The van der Waals surface area contributed by atoms with Gasteiger partial charge in [0.15, 0.2) is 0 Å². The third-order valence-electron chi connectivity index (χ3n) is 3.06. The first-order chi connectivity index (χ1) is 8.49. The van der Waals surface area contributed by atoms with Crippen LogP contribution >= 0.6 is 12.2 Å². The SMILES string of the molecule is CCCC(CC)Nc1cc(C)nc(C)c1C(N)=S. The zero-order valence-corrected chi connectivity index (χ0v) is 12.5. The van der Waals surface area contributed by atoms with E-state index in [9.17, 15) is 0 Å². The van der Waals surface area contributed by atoms with Crippen LogP contribution in [0.4, 0.5) is 5.69 Å². The highest BCUT2D eigenvalue weighted by molar-refractivity contribution is 7.80. The molecular weight excluding hydrogens is 242 g/mol. The molecule has 0 radical (unpaired) electrons. The molecule has 18 heavy (non-hydrogen) atoms. The Kier molecular flexibility index (Phi) is 5.54. The second-order valence-electron chi connectivity index (χ2n) is 4.67. The lowest BCUT2D eigenvalue weighted by Crippen LogP contribution is -2.22. The van der Waals surface area contributed by atoms with Gasteiger partial charge < -0.3 is 11.1 Å². The number of aromatic nitrogens is 1. The molecule has 0 aliphatic carbocycles. The van der Waals surface area contributed by atoms with Gasteiger partial charge in [-0.2, -0.15) is 0 Å². The molecule has 0 aliphatic rings. The van der Waals surface area contributed by atoms with Gasteiger partial charge in [0.2, 0.25) is 0 Å². The van der Waals surface area contributed by atoms with Gasteiger partial charge in [-0.1, -0.05) is 32.5 Å². The monoisotopic (exact) mass is 265 g/mol. The predicted octanol–water partition coefficient (Wildman–Crippen LogP) is 3.32. The van der Waals surface area contributed by atoms with Gasteiger partial charge in [0.1, 0.15) is 4.99 Å². The van der Waals surface area contributed by atoms with E-state index < -0.39 is 0 Å². The van der Waals surface area contributed by atoms with E-state index in [1.807, 2.05) is 19.9 Å². The zero-order chi connectivity index (χ0) is 13.7. The molecule has 1 aromatic heterocycles. The summed E-state index contributed by atoms with van der Waals surface area (Å²) in [5.74, 6) is 0. The molecule has 1 atom stereocenters. The largest absolute Gasteiger partial charge is 0.389 e. The van der Waals surface area contributed by atoms with Gasteiger partial charge in [-0.05, 0) is 32.8 Å². The summed E-state index contributed by atoms with van der Waals surface area (Å²) in [7, 11) is 0.